The van der Waals surface area contributed by atoms with Gasteiger partial charge >= 0.3 is 0 Å². The molecule has 0 unspecified atom stereocenters. The number of ether oxygens (including phenoxy) is 1. The van der Waals surface area contributed by atoms with Gasteiger partial charge < -0.3 is 51.1 Å². The zero-order valence-corrected chi connectivity index (χ0v) is 36.6. The molecule has 16 nitrogen and oxygen atoms in total. The first-order valence-electron chi connectivity index (χ1n) is 23.3. The molecule has 340 valence electrons. The Labute approximate surface area is 372 Å². The van der Waals surface area contributed by atoms with Crippen molar-refractivity contribution in [3.05, 3.63) is 72.1 Å². The van der Waals surface area contributed by atoms with E-state index in [-0.39, 0.29) is 37.3 Å². The number of nitrogens with one attached hydrogen (secondary N) is 7. The number of carbonyl (C=O) groups is 6. The molecule has 2 aromatic carbocycles. The Kier molecular flexibility index (Phi) is 12.8. The van der Waals surface area contributed by atoms with Crippen molar-refractivity contribution in [3.8, 4) is 0 Å². The fourth-order valence-electron chi connectivity index (χ4n) is 11.3. The van der Waals surface area contributed by atoms with Crippen LogP contribution < -0.4 is 26.6 Å². The molecule has 1 spiro atoms. The number of rotatable bonds is 9. The molecule has 2 aromatic heterocycles. The van der Waals surface area contributed by atoms with Crippen LogP contribution in [0.1, 0.15) is 81.8 Å². The highest BCUT2D eigenvalue weighted by atomic mass is 16.5. The zero-order chi connectivity index (χ0) is 44.4. The van der Waals surface area contributed by atoms with Crippen LogP contribution in [0, 0.1) is 5.92 Å². The standard InChI is InChI=1S/C48H61N9O7/c1-64-22-20-49-28-38-45(61)56-21-10-17-40(56)46(62)57-39-16-7-2-11-29(39)25-41(57)44(60)52-37(24-31-27-51-35-15-6-4-13-33(31)35)43(59)55-48(18-8-9-19-48)47(63)54-36(42(58)53-38)23-30-26-50-34-14-5-3-12-32(30)34/h3-6,12-15,26-27,29,36-41,49-51H,2,7-11,16-25,28H2,1H3,(H,52,60)(H,53,58)(H,54,63)(H,55,59)/t29-,36-,37-,38-,39-,40+,41-/m0/s1. The number of H-pyrrole nitrogens is 2. The first kappa shape index (κ1) is 43.5. The van der Waals surface area contributed by atoms with Gasteiger partial charge in [-0.15, -0.1) is 0 Å². The topological polar surface area (TPSA) is 210 Å². The van der Waals surface area contributed by atoms with Gasteiger partial charge in [0.05, 0.1) is 6.61 Å². The van der Waals surface area contributed by atoms with Gasteiger partial charge in [-0.1, -0.05) is 62.1 Å². The van der Waals surface area contributed by atoms with Crippen molar-refractivity contribution < 1.29 is 33.5 Å². The number of hydrogen-bond donors (Lipinski definition) is 7. The molecule has 3 aliphatic heterocycles. The van der Waals surface area contributed by atoms with E-state index < -0.39 is 65.3 Å². The second-order valence-electron chi connectivity index (χ2n) is 18.5. The van der Waals surface area contributed by atoms with E-state index in [4.69, 9.17) is 4.74 Å². The average molecular weight is 876 g/mol. The lowest BCUT2D eigenvalue weighted by Gasteiger charge is -2.38. The molecule has 9 rings (SSSR count). The van der Waals surface area contributed by atoms with Crippen molar-refractivity contribution in [1.82, 2.24) is 46.4 Å². The fraction of sp³-hybridized carbons (Fsp3) is 0.542. The maximum atomic E-state index is 15.1. The van der Waals surface area contributed by atoms with Gasteiger partial charge in [0.2, 0.25) is 35.4 Å². The highest BCUT2D eigenvalue weighted by molar-refractivity contribution is 6.00. The third-order valence-electron chi connectivity index (χ3n) is 14.6. The van der Waals surface area contributed by atoms with Gasteiger partial charge in [0, 0.05) is 79.8 Å². The zero-order valence-electron chi connectivity index (χ0n) is 36.6. The third kappa shape index (κ3) is 8.61. The van der Waals surface area contributed by atoms with E-state index in [1.165, 1.54) is 0 Å². The Bertz CT molecular complexity index is 2390. The Balaban J connectivity index is 1.11. The lowest BCUT2D eigenvalue weighted by molar-refractivity contribution is -0.150. The summed E-state index contributed by atoms with van der Waals surface area (Å²) in [5, 5.41) is 17.3. The normalized spacial score (nSPS) is 28.0. The van der Waals surface area contributed by atoms with Gasteiger partial charge in [0.1, 0.15) is 35.7 Å². The number of nitrogens with zero attached hydrogens (tertiary/aromatic N) is 2. The van der Waals surface area contributed by atoms with Crippen LogP contribution in [-0.2, 0) is 46.3 Å². The Morgan fingerprint density at radius 1 is 0.688 bits per heavy atom. The van der Waals surface area contributed by atoms with Crippen LogP contribution in [0.15, 0.2) is 60.9 Å². The minimum Gasteiger partial charge on any atom is -0.383 e. The van der Waals surface area contributed by atoms with Crippen LogP contribution in [0.2, 0.25) is 0 Å². The first-order chi connectivity index (χ1) is 31.1. The second kappa shape index (κ2) is 18.8. The molecule has 2 aliphatic carbocycles. The van der Waals surface area contributed by atoms with E-state index in [1.54, 1.807) is 16.9 Å². The predicted octanol–water partition coefficient (Wildman–Crippen LogP) is 2.72. The van der Waals surface area contributed by atoms with Crippen molar-refractivity contribution in [2.24, 2.45) is 5.92 Å². The van der Waals surface area contributed by atoms with E-state index in [1.807, 2.05) is 60.9 Å². The molecule has 6 amide bonds. The summed E-state index contributed by atoms with van der Waals surface area (Å²) < 4.78 is 5.25. The molecule has 0 bridgehead atoms. The van der Waals surface area contributed by atoms with E-state index in [0.29, 0.717) is 64.6 Å². The molecule has 5 aliphatic rings. The lowest BCUT2D eigenvalue weighted by Crippen LogP contribution is -2.66. The van der Waals surface area contributed by atoms with Crippen molar-refractivity contribution in [1.29, 1.82) is 0 Å². The number of amides is 6. The number of aromatic amines is 2. The summed E-state index contributed by atoms with van der Waals surface area (Å²) in [5.74, 6) is -2.59. The van der Waals surface area contributed by atoms with E-state index in [2.05, 4.69) is 36.6 Å². The Morgan fingerprint density at radius 3 is 2.02 bits per heavy atom. The van der Waals surface area contributed by atoms with Crippen LogP contribution in [-0.4, -0.2) is 130 Å². The summed E-state index contributed by atoms with van der Waals surface area (Å²) >= 11 is 0. The molecule has 3 saturated heterocycles. The molecule has 7 N–H and O–H groups in total. The fourth-order valence-corrected chi connectivity index (χ4v) is 11.3. The smallest absolute Gasteiger partial charge is 0.247 e. The van der Waals surface area contributed by atoms with Gasteiger partial charge in [-0.3, -0.25) is 28.8 Å². The highest BCUT2D eigenvalue weighted by Gasteiger charge is 2.52. The molecular formula is C48H61N9O7. The SMILES string of the molecule is COCCNC[C@@H]1NC(=O)[C@H](Cc2c[nH]c3ccccc23)NC(=O)C2(CCCC2)NC(=O)[C@H](Cc2c[nH]c3ccccc23)NC(=O)[C@@H]2C[C@@H]3CCCC[C@@H]3N2C(=O)[C@H]2CCCN2C1=O. The first-order valence-corrected chi connectivity index (χ1v) is 23.3. The highest BCUT2D eigenvalue weighted by Crippen LogP contribution is 2.41. The molecule has 0 radical (unpaired) electrons. The minimum atomic E-state index is -1.38. The van der Waals surface area contributed by atoms with Gasteiger partial charge in [0.25, 0.3) is 0 Å². The molecule has 5 heterocycles. The maximum Gasteiger partial charge on any atom is 0.247 e. The molecule has 64 heavy (non-hydrogen) atoms. The number of para-hydroxylation sites is 2. The van der Waals surface area contributed by atoms with Gasteiger partial charge in [-0.05, 0) is 74.1 Å². The molecule has 2 saturated carbocycles. The Hall–Kier alpha value is -5.74. The predicted molar refractivity (Wildman–Crippen MR) is 240 cm³/mol. The average Bonchev–Trinajstić information content (AvgIpc) is 4.17. The number of carbonyl (C=O) groups excluding carboxylic acids is 6. The molecule has 4 aromatic rings. The van der Waals surface area contributed by atoms with Crippen molar-refractivity contribution in [2.45, 2.75) is 125 Å². The monoisotopic (exact) mass is 875 g/mol. The Morgan fingerprint density at radius 2 is 1.33 bits per heavy atom. The summed E-state index contributed by atoms with van der Waals surface area (Å²) in [6.45, 7) is 1.14. The van der Waals surface area contributed by atoms with E-state index in [0.717, 1.165) is 58.6 Å². The summed E-state index contributed by atoms with van der Waals surface area (Å²) in [5.41, 5.74) is 1.98. The third-order valence-corrected chi connectivity index (χ3v) is 14.6. The maximum absolute atomic E-state index is 15.1. The van der Waals surface area contributed by atoms with Crippen LogP contribution in [0.25, 0.3) is 21.8 Å². The van der Waals surface area contributed by atoms with Crippen molar-refractivity contribution >= 4 is 57.2 Å². The largest absolute Gasteiger partial charge is 0.383 e. The minimum absolute atomic E-state index is 0.0519. The number of fused-ring (bicyclic) bond motifs is 6. The van der Waals surface area contributed by atoms with Gasteiger partial charge in [0.15, 0.2) is 0 Å². The quantitative estimate of drug-likeness (QED) is 0.124. The lowest BCUT2D eigenvalue weighted by atomic mass is 9.84. The summed E-state index contributed by atoms with van der Waals surface area (Å²) in [4.78, 5) is 99.3. The number of benzene rings is 2. The van der Waals surface area contributed by atoms with Crippen molar-refractivity contribution in [3.63, 3.8) is 0 Å². The molecule has 7 atom stereocenters. The van der Waals surface area contributed by atoms with Crippen molar-refractivity contribution in [2.75, 3.05) is 33.4 Å². The molecule has 16 heteroatoms. The molecular weight excluding hydrogens is 815 g/mol. The number of hydrogen-bond acceptors (Lipinski definition) is 8. The second-order valence-corrected chi connectivity index (χ2v) is 18.5. The summed E-state index contributed by atoms with van der Waals surface area (Å²) in [7, 11) is 1.58. The van der Waals surface area contributed by atoms with Crippen LogP contribution in [0.5, 0.6) is 0 Å². The molecule has 5 fully saturated rings. The van der Waals surface area contributed by atoms with Crippen LogP contribution in [0.4, 0.5) is 0 Å². The van der Waals surface area contributed by atoms with Gasteiger partial charge in [-0.25, -0.2) is 0 Å². The van der Waals surface area contributed by atoms with E-state index >= 15 is 4.79 Å². The van der Waals surface area contributed by atoms with Gasteiger partial charge in [-0.2, -0.15) is 0 Å². The van der Waals surface area contributed by atoms with Crippen LogP contribution >= 0.6 is 0 Å². The number of methoxy groups -OCH3 is 1. The van der Waals surface area contributed by atoms with Crippen LogP contribution in [0.3, 0.4) is 0 Å². The summed E-state index contributed by atoms with van der Waals surface area (Å²) in [6, 6.07) is 10.2. The summed E-state index contributed by atoms with van der Waals surface area (Å²) in [6.07, 6.45) is 10.8. The number of aromatic nitrogens is 2. The van der Waals surface area contributed by atoms with E-state index in [9.17, 15) is 24.0 Å².